The molecule has 1 saturated heterocycles. The highest BCUT2D eigenvalue weighted by Crippen LogP contribution is 2.31. The number of hydrogen-bond acceptors (Lipinski definition) is 3. The number of likely N-dealkylation sites (tertiary alicyclic amines) is 1. The zero-order chi connectivity index (χ0) is 19.7. The predicted octanol–water partition coefficient (Wildman–Crippen LogP) is 4.19. The summed E-state index contributed by atoms with van der Waals surface area (Å²) in [6.45, 7) is 0.746. The van der Waals surface area contributed by atoms with Crippen LogP contribution < -0.4 is 5.32 Å². The molecule has 1 aliphatic rings. The molecule has 142 valence electrons. The van der Waals surface area contributed by atoms with Crippen molar-refractivity contribution in [2.24, 2.45) is 5.92 Å². The molecule has 3 aromatic carbocycles. The molecule has 3 aromatic rings. The number of amides is 2. The number of carbonyl (C=O) groups excluding carboxylic acids is 2. The first kappa shape index (κ1) is 18.3. The number of benzene rings is 3. The number of anilines is 1. The predicted molar refractivity (Wildman–Crippen MR) is 109 cm³/mol. The SMILES string of the molecule is O=C(Nc1ccc(O)c2ccccc12)[C@H]1CC(=O)N(Cc2ccccc2Cl)C1. The monoisotopic (exact) mass is 394 g/mol. The van der Waals surface area contributed by atoms with Crippen LogP contribution in [0.4, 0.5) is 5.69 Å². The molecule has 6 heteroatoms. The number of phenolic OH excluding ortho intramolecular Hbond substituents is 1. The van der Waals surface area contributed by atoms with Gasteiger partial charge in [0.1, 0.15) is 5.75 Å². The quantitative estimate of drug-likeness (QED) is 0.652. The summed E-state index contributed by atoms with van der Waals surface area (Å²) in [5.74, 6) is -0.528. The molecule has 2 amide bonds. The van der Waals surface area contributed by atoms with Gasteiger partial charge in [-0.2, -0.15) is 0 Å². The van der Waals surface area contributed by atoms with Gasteiger partial charge in [0.25, 0.3) is 0 Å². The van der Waals surface area contributed by atoms with Gasteiger partial charge in [0, 0.05) is 41.0 Å². The van der Waals surface area contributed by atoms with Crippen molar-refractivity contribution in [1.29, 1.82) is 0 Å². The van der Waals surface area contributed by atoms with Crippen LogP contribution in [0.5, 0.6) is 5.75 Å². The van der Waals surface area contributed by atoms with Gasteiger partial charge in [-0.15, -0.1) is 0 Å². The molecule has 0 bridgehead atoms. The molecule has 0 radical (unpaired) electrons. The van der Waals surface area contributed by atoms with Gasteiger partial charge in [-0.05, 0) is 23.8 Å². The summed E-state index contributed by atoms with van der Waals surface area (Å²) in [6, 6.07) is 17.9. The summed E-state index contributed by atoms with van der Waals surface area (Å²) < 4.78 is 0. The maximum atomic E-state index is 12.8. The Hall–Kier alpha value is -3.05. The van der Waals surface area contributed by atoms with Crippen molar-refractivity contribution < 1.29 is 14.7 Å². The summed E-state index contributed by atoms with van der Waals surface area (Å²) in [7, 11) is 0. The first-order valence-corrected chi connectivity index (χ1v) is 9.43. The topological polar surface area (TPSA) is 69.6 Å². The van der Waals surface area contributed by atoms with Crippen LogP contribution in [0.1, 0.15) is 12.0 Å². The van der Waals surface area contributed by atoms with E-state index in [1.165, 1.54) is 0 Å². The number of halogens is 1. The van der Waals surface area contributed by atoms with Crippen molar-refractivity contribution in [1.82, 2.24) is 4.90 Å². The minimum Gasteiger partial charge on any atom is -0.507 e. The van der Waals surface area contributed by atoms with E-state index in [-0.39, 0.29) is 24.0 Å². The summed E-state index contributed by atoms with van der Waals surface area (Å²) in [5, 5.41) is 15.0. The van der Waals surface area contributed by atoms with Crippen LogP contribution >= 0.6 is 11.6 Å². The van der Waals surface area contributed by atoms with E-state index in [2.05, 4.69) is 5.32 Å². The zero-order valence-corrected chi connectivity index (χ0v) is 15.8. The molecule has 0 saturated carbocycles. The van der Waals surface area contributed by atoms with Crippen molar-refractivity contribution in [3.05, 3.63) is 71.2 Å². The van der Waals surface area contributed by atoms with Crippen molar-refractivity contribution >= 4 is 39.9 Å². The first-order chi connectivity index (χ1) is 13.5. The molecule has 28 heavy (non-hydrogen) atoms. The lowest BCUT2D eigenvalue weighted by Gasteiger charge is -2.17. The first-order valence-electron chi connectivity index (χ1n) is 9.05. The third-order valence-electron chi connectivity index (χ3n) is 5.06. The molecule has 0 unspecified atom stereocenters. The molecule has 1 heterocycles. The number of fused-ring (bicyclic) bond motifs is 1. The van der Waals surface area contributed by atoms with Crippen LogP contribution in [-0.2, 0) is 16.1 Å². The van der Waals surface area contributed by atoms with Gasteiger partial charge >= 0.3 is 0 Å². The number of phenols is 1. The fraction of sp³-hybridized carbons (Fsp3) is 0.182. The molecular formula is C22H19ClN2O3. The van der Waals surface area contributed by atoms with Gasteiger partial charge in [0.2, 0.25) is 11.8 Å². The van der Waals surface area contributed by atoms with Gasteiger partial charge in [-0.3, -0.25) is 9.59 Å². The number of nitrogens with one attached hydrogen (secondary N) is 1. The Balaban J connectivity index is 1.49. The molecule has 0 spiro atoms. The molecule has 0 aliphatic carbocycles. The fourth-order valence-corrected chi connectivity index (χ4v) is 3.76. The Labute approximate surface area is 167 Å². The molecule has 1 aliphatic heterocycles. The van der Waals surface area contributed by atoms with E-state index in [4.69, 9.17) is 11.6 Å². The van der Waals surface area contributed by atoms with Crippen LogP contribution in [0.25, 0.3) is 10.8 Å². The Morgan fingerprint density at radius 1 is 1.07 bits per heavy atom. The second kappa shape index (κ2) is 7.52. The molecule has 1 atom stereocenters. The standard InChI is InChI=1S/C22H19ClN2O3/c23-18-8-4-1-5-14(18)12-25-13-15(11-21(25)27)22(28)24-19-9-10-20(26)17-7-3-2-6-16(17)19/h1-10,15,26H,11-13H2,(H,24,28)/t15-/m0/s1. The van der Waals surface area contributed by atoms with Gasteiger partial charge in [-0.1, -0.05) is 54.1 Å². The summed E-state index contributed by atoms with van der Waals surface area (Å²) in [6.07, 6.45) is 0.173. The highest BCUT2D eigenvalue weighted by atomic mass is 35.5. The van der Waals surface area contributed by atoms with E-state index < -0.39 is 5.92 Å². The number of nitrogens with zero attached hydrogens (tertiary/aromatic N) is 1. The van der Waals surface area contributed by atoms with Crippen LogP contribution in [0, 0.1) is 5.92 Å². The second-order valence-electron chi connectivity index (χ2n) is 6.93. The third-order valence-corrected chi connectivity index (χ3v) is 5.43. The van der Waals surface area contributed by atoms with E-state index in [0.29, 0.717) is 29.2 Å². The Bertz CT molecular complexity index is 1070. The molecular weight excluding hydrogens is 376 g/mol. The zero-order valence-electron chi connectivity index (χ0n) is 15.1. The average Bonchev–Trinajstić information content (AvgIpc) is 3.07. The van der Waals surface area contributed by atoms with E-state index in [0.717, 1.165) is 10.9 Å². The van der Waals surface area contributed by atoms with Crippen molar-refractivity contribution in [3.8, 4) is 5.75 Å². The number of aromatic hydroxyl groups is 1. The van der Waals surface area contributed by atoms with Crippen LogP contribution in [-0.4, -0.2) is 28.4 Å². The summed E-state index contributed by atoms with van der Waals surface area (Å²) in [5.41, 5.74) is 1.48. The largest absolute Gasteiger partial charge is 0.507 e. The van der Waals surface area contributed by atoms with E-state index >= 15 is 0 Å². The van der Waals surface area contributed by atoms with E-state index in [9.17, 15) is 14.7 Å². The van der Waals surface area contributed by atoms with Gasteiger partial charge in [0.15, 0.2) is 0 Å². The number of carbonyl (C=O) groups is 2. The fourth-order valence-electron chi connectivity index (χ4n) is 3.56. The lowest BCUT2D eigenvalue weighted by atomic mass is 10.1. The molecule has 1 fully saturated rings. The van der Waals surface area contributed by atoms with E-state index in [1.54, 1.807) is 29.2 Å². The minimum atomic E-state index is -0.428. The summed E-state index contributed by atoms with van der Waals surface area (Å²) in [4.78, 5) is 26.8. The van der Waals surface area contributed by atoms with Crippen molar-refractivity contribution in [3.63, 3.8) is 0 Å². The highest BCUT2D eigenvalue weighted by Gasteiger charge is 2.34. The van der Waals surface area contributed by atoms with Crippen LogP contribution in [0.15, 0.2) is 60.7 Å². The number of hydrogen-bond donors (Lipinski definition) is 2. The normalized spacial score (nSPS) is 16.5. The summed E-state index contributed by atoms with van der Waals surface area (Å²) >= 11 is 6.19. The highest BCUT2D eigenvalue weighted by molar-refractivity contribution is 6.31. The Morgan fingerprint density at radius 3 is 2.57 bits per heavy atom. The Kier molecular flexibility index (Phi) is 4.92. The Morgan fingerprint density at radius 2 is 1.79 bits per heavy atom. The van der Waals surface area contributed by atoms with Gasteiger partial charge < -0.3 is 15.3 Å². The van der Waals surface area contributed by atoms with Crippen LogP contribution in [0.3, 0.4) is 0 Å². The molecule has 4 rings (SSSR count). The second-order valence-corrected chi connectivity index (χ2v) is 7.34. The smallest absolute Gasteiger partial charge is 0.229 e. The average molecular weight is 395 g/mol. The maximum absolute atomic E-state index is 12.8. The lowest BCUT2D eigenvalue weighted by molar-refractivity contribution is -0.128. The van der Waals surface area contributed by atoms with E-state index in [1.807, 2.05) is 36.4 Å². The third kappa shape index (κ3) is 3.53. The van der Waals surface area contributed by atoms with Crippen molar-refractivity contribution in [2.75, 3.05) is 11.9 Å². The maximum Gasteiger partial charge on any atom is 0.229 e. The van der Waals surface area contributed by atoms with Crippen LogP contribution in [0.2, 0.25) is 5.02 Å². The van der Waals surface area contributed by atoms with Gasteiger partial charge in [-0.25, -0.2) is 0 Å². The molecule has 5 nitrogen and oxygen atoms in total. The van der Waals surface area contributed by atoms with Gasteiger partial charge in [0.05, 0.1) is 5.92 Å². The number of rotatable bonds is 4. The molecule has 2 N–H and O–H groups in total. The lowest BCUT2D eigenvalue weighted by Crippen LogP contribution is -2.28. The minimum absolute atomic E-state index is 0.0596. The molecule has 0 aromatic heterocycles. The van der Waals surface area contributed by atoms with Crippen molar-refractivity contribution in [2.45, 2.75) is 13.0 Å².